The van der Waals surface area contributed by atoms with Crippen molar-refractivity contribution in [3.05, 3.63) is 45.6 Å². The van der Waals surface area contributed by atoms with Crippen molar-refractivity contribution in [1.29, 1.82) is 0 Å². The summed E-state index contributed by atoms with van der Waals surface area (Å²) in [6.07, 6.45) is 0. The van der Waals surface area contributed by atoms with E-state index < -0.39 is 11.8 Å². The lowest BCUT2D eigenvalue weighted by Crippen LogP contribution is -2.40. The Balaban J connectivity index is 1.93. The lowest BCUT2D eigenvalue weighted by atomic mass is 10.1. The molecule has 0 bridgehead atoms. The van der Waals surface area contributed by atoms with E-state index in [4.69, 9.17) is 16.3 Å². The molecule has 8 heteroatoms. The average Bonchev–Trinajstić information content (AvgIpc) is 3.09. The fraction of sp³-hybridized carbons (Fsp3) is 0.294. The van der Waals surface area contributed by atoms with E-state index in [2.05, 4.69) is 10.6 Å². The predicted molar refractivity (Wildman–Crippen MR) is 100 cm³/mol. The first-order valence-corrected chi connectivity index (χ1v) is 8.85. The second kappa shape index (κ2) is 8.84. The van der Waals surface area contributed by atoms with Crippen LogP contribution in [0.1, 0.15) is 11.6 Å². The standard InChI is InChI=1S/C17H20ClN3O3S/c1-21(2)14(11-6-7-25-10-11)9-19-16(22)17(23)20-12-4-5-15(24-3)13(18)8-12/h4-8,10,14H,9H2,1-3H3,(H,19,22)(H,20,23)/t14-/m1/s1. The molecule has 1 atom stereocenters. The van der Waals surface area contributed by atoms with Gasteiger partial charge in [0.15, 0.2) is 0 Å². The highest BCUT2D eigenvalue weighted by Crippen LogP contribution is 2.27. The molecule has 2 aromatic rings. The first kappa shape index (κ1) is 19.2. The third-order valence-electron chi connectivity index (χ3n) is 3.62. The molecule has 1 aromatic heterocycles. The van der Waals surface area contributed by atoms with Crippen LogP contribution in [0.3, 0.4) is 0 Å². The number of benzene rings is 1. The largest absolute Gasteiger partial charge is 0.495 e. The SMILES string of the molecule is COc1ccc(NC(=O)C(=O)NC[C@H](c2ccsc2)N(C)C)cc1Cl. The third-order valence-corrected chi connectivity index (χ3v) is 4.62. The number of anilines is 1. The predicted octanol–water partition coefficient (Wildman–Crippen LogP) is 2.77. The van der Waals surface area contributed by atoms with Crippen molar-refractivity contribution in [3.63, 3.8) is 0 Å². The van der Waals surface area contributed by atoms with Gasteiger partial charge in [0.25, 0.3) is 0 Å². The van der Waals surface area contributed by atoms with Crippen molar-refractivity contribution in [3.8, 4) is 5.75 Å². The molecule has 0 saturated carbocycles. The van der Waals surface area contributed by atoms with E-state index in [0.717, 1.165) is 5.56 Å². The maximum absolute atomic E-state index is 12.1. The van der Waals surface area contributed by atoms with E-state index in [-0.39, 0.29) is 6.04 Å². The van der Waals surface area contributed by atoms with Gasteiger partial charge in [-0.2, -0.15) is 11.3 Å². The molecule has 6 nitrogen and oxygen atoms in total. The normalized spacial score (nSPS) is 11.9. The number of likely N-dealkylation sites (N-methyl/N-ethyl adjacent to an activating group) is 1. The molecule has 1 aromatic carbocycles. The molecule has 0 saturated heterocycles. The van der Waals surface area contributed by atoms with Gasteiger partial charge in [-0.05, 0) is 54.7 Å². The summed E-state index contributed by atoms with van der Waals surface area (Å²) >= 11 is 7.60. The zero-order chi connectivity index (χ0) is 18.4. The number of carbonyl (C=O) groups is 2. The van der Waals surface area contributed by atoms with Gasteiger partial charge >= 0.3 is 11.8 Å². The molecule has 25 heavy (non-hydrogen) atoms. The molecular weight excluding hydrogens is 362 g/mol. The van der Waals surface area contributed by atoms with Crippen LogP contribution >= 0.6 is 22.9 Å². The van der Waals surface area contributed by atoms with Crippen LogP contribution in [0, 0.1) is 0 Å². The van der Waals surface area contributed by atoms with Crippen LogP contribution in [0.2, 0.25) is 5.02 Å². The number of halogens is 1. The van der Waals surface area contributed by atoms with Gasteiger partial charge in [-0.25, -0.2) is 0 Å². The van der Waals surface area contributed by atoms with Gasteiger partial charge in [0.2, 0.25) is 0 Å². The van der Waals surface area contributed by atoms with Crippen molar-refractivity contribution >= 4 is 40.4 Å². The maximum atomic E-state index is 12.1. The summed E-state index contributed by atoms with van der Waals surface area (Å²) in [7, 11) is 5.35. The summed E-state index contributed by atoms with van der Waals surface area (Å²) in [6.45, 7) is 0.333. The first-order valence-electron chi connectivity index (χ1n) is 7.53. The lowest BCUT2D eigenvalue weighted by Gasteiger charge is -2.23. The minimum atomic E-state index is -0.746. The van der Waals surface area contributed by atoms with E-state index in [9.17, 15) is 9.59 Å². The van der Waals surface area contributed by atoms with Crippen molar-refractivity contribution < 1.29 is 14.3 Å². The number of carbonyl (C=O) groups excluding carboxylic acids is 2. The van der Waals surface area contributed by atoms with E-state index >= 15 is 0 Å². The van der Waals surface area contributed by atoms with Crippen LogP contribution in [-0.4, -0.2) is 44.5 Å². The molecular formula is C17H20ClN3O3S. The van der Waals surface area contributed by atoms with Crippen LogP contribution in [0.4, 0.5) is 5.69 Å². The molecule has 2 rings (SSSR count). The van der Waals surface area contributed by atoms with Crippen molar-refractivity contribution in [2.45, 2.75) is 6.04 Å². The highest BCUT2D eigenvalue weighted by molar-refractivity contribution is 7.08. The summed E-state index contributed by atoms with van der Waals surface area (Å²) in [6, 6.07) is 6.76. The fourth-order valence-electron chi connectivity index (χ4n) is 2.26. The molecule has 0 aliphatic rings. The number of methoxy groups -OCH3 is 1. The van der Waals surface area contributed by atoms with Gasteiger partial charge in [0.1, 0.15) is 5.75 Å². The van der Waals surface area contributed by atoms with E-state index in [1.165, 1.54) is 13.2 Å². The number of hydrogen-bond acceptors (Lipinski definition) is 5. The second-order valence-electron chi connectivity index (χ2n) is 5.55. The van der Waals surface area contributed by atoms with Gasteiger partial charge in [-0.3, -0.25) is 9.59 Å². The van der Waals surface area contributed by atoms with Crippen LogP contribution in [0.25, 0.3) is 0 Å². The Morgan fingerprint density at radius 2 is 2.04 bits per heavy atom. The number of thiophene rings is 1. The molecule has 134 valence electrons. The maximum Gasteiger partial charge on any atom is 0.313 e. The van der Waals surface area contributed by atoms with E-state index in [1.807, 2.05) is 35.8 Å². The quantitative estimate of drug-likeness (QED) is 0.755. The Labute approximate surface area is 155 Å². The summed E-state index contributed by atoms with van der Waals surface area (Å²) in [4.78, 5) is 26.1. The molecule has 0 fully saturated rings. The van der Waals surface area contributed by atoms with Gasteiger partial charge in [0.05, 0.1) is 18.2 Å². The summed E-state index contributed by atoms with van der Waals surface area (Å²) in [5, 5.41) is 9.54. The zero-order valence-electron chi connectivity index (χ0n) is 14.2. The Morgan fingerprint density at radius 3 is 2.60 bits per heavy atom. The number of amides is 2. The van der Waals surface area contributed by atoms with E-state index in [1.54, 1.807) is 23.5 Å². The van der Waals surface area contributed by atoms with E-state index in [0.29, 0.717) is 23.0 Å². The zero-order valence-corrected chi connectivity index (χ0v) is 15.8. The van der Waals surface area contributed by atoms with Crippen LogP contribution in [0.5, 0.6) is 5.75 Å². The monoisotopic (exact) mass is 381 g/mol. The van der Waals surface area contributed by atoms with Crippen LogP contribution < -0.4 is 15.4 Å². The Kier molecular flexibility index (Phi) is 6.81. The fourth-order valence-corrected chi connectivity index (χ4v) is 3.23. The first-order chi connectivity index (χ1) is 11.9. The molecule has 0 spiro atoms. The minimum absolute atomic E-state index is 0.00145. The topological polar surface area (TPSA) is 70.7 Å². The highest BCUT2D eigenvalue weighted by Gasteiger charge is 2.19. The van der Waals surface area contributed by atoms with Crippen LogP contribution in [-0.2, 0) is 9.59 Å². The molecule has 0 aliphatic carbocycles. The Bertz CT molecular complexity index is 735. The minimum Gasteiger partial charge on any atom is -0.495 e. The van der Waals surface area contributed by atoms with Crippen molar-refractivity contribution in [1.82, 2.24) is 10.2 Å². The van der Waals surface area contributed by atoms with Gasteiger partial charge in [0, 0.05) is 12.2 Å². The Morgan fingerprint density at radius 1 is 1.28 bits per heavy atom. The average molecular weight is 382 g/mol. The van der Waals surface area contributed by atoms with Gasteiger partial charge in [-0.1, -0.05) is 11.6 Å². The lowest BCUT2D eigenvalue weighted by molar-refractivity contribution is -0.136. The van der Waals surface area contributed by atoms with Crippen molar-refractivity contribution in [2.75, 3.05) is 33.1 Å². The Hall–Kier alpha value is -2.09. The molecule has 0 unspecified atom stereocenters. The summed E-state index contributed by atoms with van der Waals surface area (Å²) < 4.78 is 5.05. The third kappa shape index (κ3) is 5.19. The molecule has 1 heterocycles. The number of nitrogens with one attached hydrogen (secondary N) is 2. The second-order valence-corrected chi connectivity index (χ2v) is 6.74. The van der Waals surface area contributed by atoms with Crippen molar-refractivity contribution in [2.24, 2.45) is 0 Å². The smallest absolute Gasteiger partial charge is 0.313 e. The number of ether oxygens (including phenoxy) is 1. The van der Waals surface area contributed by atoms with Crippen LogP contribution in [0.15, 0.2) is 35.0 Å². The summed E-state index contributed by atoms with van der Waals surface area (Å²) in [5.41, 5.74) is 1.52. The number of hydrogen-bond donors (Lipinski definition) is 2. The van der Waals surface area contributed by atoms with Gasteiger partial charge in [-0.15, -0.1) is 0 Å². The van der Waals surface area contributed by atoms with Gasteiger partial charge < -0.3 is 20.3 Å². The highest BCUT2D eigenvalue weighted by atomic mass is 35.5. The molecule has 2 N–H and O–H groups in total. The molecule has 2 amide bonds. The summed E-state index contributed by atoms with van der Waals surface area (Å²) in [5.74, 6) is -0.952. The number of rotatable bonds is 6. The molecule has 0 aliphatic heterocycles. The molecule has 0 radical (unpaired) electrons. The number of nitrogens with zero attached hydrogens (tertiary/aromatic N) is 1.